The molecule has 1 heterocycles. The molecule has 0 aromatic rings. The van der Waals surface area contributed by atoms with Gasteiger partial charge in [0.25, 0.3) is 0 Å². The van der Waals surface area contributed by atoms with Gasteiger partial charge in [0.15, 0.2) is 0 Å². The zero-order valence-corrected chi connectivity index (χ0v) is 13.9. The molecule has 1 rings (SSSR count). The maximum atomic E-state index is 11.5. The maximum Gasteiger partial charge on any atom is 0.150 e. The maximum absolute atomic E-state index is 11.5. The molecule has 1 aliphatic heterocycles. The third-order valence-electron chi connectivity index (χ3n) is 2.63. The second-order valence-electron chi connectivity index (χ2n) is 5.69. The normalized spacial score (nSPS) is 25.1. The largest absolute Gasteiger partial charge is 0.370 e. The third-order valence-corrected chi connectivity index (χ3v) is 4.76. The van der Waals surface area contributed by atoms with Crippen LogP contribution in [0.5, 0.6) is 0 Å². The van der Waals surface area contributed by atoms with Gasteiger partial charge in [-0.15, -0.1) is 0 Å². The molecule has 0 unspecified atom stereocenters. The van der Waals surface area contributed by atoms with E-state index in [1.165, 1.54) is 6.26 Å². The highest BCUT2D eigenvalue weighted by atomic mass is 127. The first-order valence-electron chi connectivity index (χ1n) is 5.86. The van der Waals surface area contributed by atoms with Gasteiger partial charge in [0.05, 0.1) is 17.5 Å². The van der Waals surface area contributed by atoms with Crippen molar-refractivity contribution in [1.29, 1.82) is 0 Å². The number of nitrogens with zero attached hydrogens (tertiary/aromatic N) is 1. The molecule has 1 saturated heterocycles. The number of hydrogen-bond donors (Lipinski definition) is 0. The minimum Gasteiger partial charge on any atom is -0.370 e. The quantitative estimate of drug-likeness (QED) is 0.557. The minimum atomic E-state index is -3.01. The van der Waals surface area contributed by atoms with E-state index in [4.69, 9.17) is 4.74 Å². The molecule has 17 heavy (non-hydrogen) atoms. The van der Waals surface area contributed by atoms with Gasteiger partial charge in [0.1, 0.15) is 9.84 Å². The summed E-state index contributed by atoms with van der Waals surface area (Å²) in [5.74, 6) is 0.106. The number of sulfone groups is 1. The van der Waals surface area contributed by atoms with Crippen LogP contribution in [0.25, 0.3) is 0 Å². The molecule has 0 aromatic carbocycles. The van der Waals surface area contributed by atoms with Gasteiger partial charge < -0.3 is 4.74 Å². The highest BCUT2D eigenvalue weighted by molar-refractivity contribution is 14.1. The number of rotatable bonds is 4. The lowest BCUT2D eigenvalue weighted by atomic mass is 10.1. The van der Waals surface area contributed by atoms with Gasteiger partial charge in [-0.1, -0.05) is 0 Å². The van der Waals surface area contributed by atoms with Crippen LogP contribution in [0, 0.1) is 0 Å². The van der Waals surface area contributed by atoms with E-state index in [2.05, 4.69) is 26.0 Å². The standard InChI is InChI=1S/C11H22INO3S/c1-11(2,3)16-10(8-17(4,14)15)9-6-5-7-13(9)12/h9-10H,5-8H2,1-4H3/t9-,10+/m1/s1. The van der Waals surface area contributed by atoms with Crippen molar-refractivity contribution in [1.82, 2.24) is 3.11 Å². The minimum absolute atomic E-state index is 0.106. The Hall–Kier alpha value is 0.600. The van der Waals surface area contributed by atoms with Crippen molar-refractivity contribution < 1.29 is 13.2 Å². The molecular weight excluding hydrogens is 353 g/mol. The molecule has 0 N–H and O–H groups in total. The summed E-state index contributed by atoms with van der Waals surface area (Å²) in [6.45, 7) is 6.91. The summed E-state index contributed by atoms with van der Waals surface area (Å²) in [6, 6.07) is 0.213. The average molecular weight is 375 g/mol. The van der Waals surface area contributed by atoms with Crippen LogP contribution in [-0.2, 0) is 14.6 Å². The number of hydrogen-bond acceptors (Lipinski definition) is 4. The molecule has 6 heteroatoms. The Kier molecular flexibility index (Phi) is 5.26. The van der Waals surface area contributed by atoms with Crippen molar-refractivity contribution in [3.05, 3.63) is 0 Å². The summed E-state index contributed by atoms with van der Waals surface area (Å²) in [6.07, 6.45) is 3.17. The van der Waals surface area contributed by atoms with Crippen molar-refractivity contribution in [2.75, 3.05) is 18.6 Å². The Morgan fingerprint density at radius 1 is 1.47 bits per heavy atom. The van der Waals surface area contributed by atoms with Crippen molar-refractivity contribution in [3.63, 3.8) is 0 Å². The van der Waals surface area contributed by atoms with E-state index in [-0.39, 0.29) is 23.5 Å². The van der Waals surface area contributed by atoms with Gasteiger partial charge >= 0.3 is 0 Å². The Labute approximate surface area is 118 Å². The molecule has 0 saturated carbocycles. The second kappa shape index (κ2) is 5.71. The van der Waals surface area contributed by atoms with Crippen LogP contribution in [0.15, 0.2) is 0 Å². The molecule has 0 radical (unpaired) electrons. The van der Waals surface area contributed by atoms with Gasteiger partial charge in [0, 0.05) is 41.7 Å². The first kappa shape index (κ1) is 15.7. The van der Waals surface area contributed by atoms with Crippen LogP contribution in [0.2, 0.25) is 0 Å². The van der Waals surface area contributed by atoms with Gasteiger partial charge in [-0.3, -0.25) is 0 Å². The smallest absolute Gasteiger partial charge is 0.150 e. The van der Waals surface area contributed by atoms with Gasteiger partial charge in [0.2, 0.25) is 0 Å². The van der Waals surface area contributed by atoms with E-state index >= 15 is 0 Å². The fourth-order valence-corrected chi connectivity index (χ4v) is 3.97. The molecule has 0 bridgehead atoms. The molecule has 1 aliphatic rings. The van der Waals surface area contributed by atoms with E-state index in [0.29, 0.717) is 0 Å². The molecule has 102 valence electrons. The summed E-state index contributed by atoms with van der Waals surface area (Å²) in [5, 5.41) is 0. The summed E-state index contributed by atoms with van der Waals surface area (Å²) < 4.78 is 31.1. The van der Waals surface area contributed by atoms with Crippen LogP contribution >= 0.6 is 22.9 Å². The zero-order chi connectivity index (χ0) is 13.3. The van der Waals surface area contributed by atoms with E-state index in [1.54, 1.807) is 0 Å². The van der Waals surface area contributed by atoms with E-state index in [9.17, 15) is 8.42 Å². The van der Waals surface area contributed by atoms with Gasteiger partial charge in [-0.05, 0) is 33.6 Å². The van der Waals surface area contributed by atoms with Gasteiger partial charge in [-0.25, -0.2) is 11.5 Å². The van der Waals surface area contributed by atoms with Crippen LogP contribution < -0.4 is 0 Å². The summed E-state index contributed by atoms with van der Waals surface area (Å²) in [4.78, 5) is 0. The lowest BCUT2D eigenvalue weighted by Crippen LogP contribution is -2.44. The predicted molar refractivity (Wildman–Crippen MR) is 78.1 cm³/mol. The first-order valence-corrected chi connectivity index (χ1v) is 8.89. The van der Waals surface area contributed by atoms with E-state index in [0.717, 1.165) is 19.4 Å². The van der Waals surface area contributed by atoms with Crippen LogP contribution in [0.4, 0.5) is 0 Å². The van der Waals surface area contributed by atoms with E-state index in [1.807, 2.05) is 20.8 Å². The lowest BCUT2D eigenvalue weighted by molar-refractivity contribution is -0.0680. The van der Waals surface area contributed by atoms with Crippen molar-refractivity contribution in [2.24, 2.45) is 0 Å². The van der Waals surface area contributed by atoms with Crippen molar-refractivity contribution >= 4 is 32.7 Å². The predicted octanol–water partition coefficient (Wildman–Crippen LogP) is 2.03. The van der Waals surface area contributed by atoms with Crippen LogP contribution in [0.1, 0.15) is 33.6 Å². The lowest BCUT2D eigenvalue weighted by Gasteiger charge is -2.33. The second-order valence-corrected chi connectivity index (χ2v) is 9.12. The fraction of sp³-hybridized carbons (Fsp3) is 1.00. The number of ether oxygens (including phenoxy) is 1. The summed E-state index contributed by atoms with van der Waals surface area (Å²) >= 11 is 2.27. The summed E-state index contributed by atoms with van der Waals surface area (Å²) in [7, 11) is -3.01. The Bertz CT molecular complexity index is 350. The zero-order valence-electron chi connectivity index (χ0n) is 10.9. The van der Waals surface area contributed by atoms with Crippen LogP contribution in [-0.4, -0.2) is 47.8 Å². The SMILES string of the molecule is CC(C)(C)O[C@@H](CS(C)(=O)=O)[C@H]1CCCN1I. The Morgan fingerprint density at radius 3 is 2.41 bits per heavy atom. The molecule has 0 amide bonds. The summed E-state index contributed by atoms with van der Waals surface area (Å²) in [5.41, 5.74) is -0.310. The molecular formula is C11H22INO3S. The fourth-order valence-electron chi connectivity index (χ4n) is 2.10. The van der Waals surface area contributed by atoms with Crippen molar-refractivity contribution in [2.45, 2.75) is 51.4 Å². The molecule has 0 spiro atoms. The van der Waals surface area contributed by atoms with Crippen molar-refractivity contribution in [3.8, 4) is 0 Å². The highest BCUT2D eigenvalue weighted by Crippen LogP contribution is 2.28. The molecule has 1 fully saturated rings. The highest BCUT2D eigenvalue weighted by Gasteiger charge is 2.35. The Morgan fingerprint density at radius 2 is 2.06 bits per heavy atom. The molecule has 2 atom stereocenters. The van der Waals surface area contributed by atoms with Crippen LogP contribution in [0.3, 0.4) is 0 Å². The molecule has 4 nitrogen and oxygen atoms in total. The number of halogens is 1. The Balaban J connectivity index is 2.78. The van der Waals surface area contributed by atoms with Gasteiger partial charge in [-0.2, -0.15) is 0 Å². The topological polar surface area (TPSA) is 46.6 Å². The first-order chi connectivity index (χ1) is 7.58. The molecule has 0 aliphatic carbocycles. The monoisotopic (exact) mass is 375 g/mol. The average Bonchev–Trinajstić information content (AvgIpc) is 2.44. The molecule has 0 aromatic heterocycles. The third kappa shape index (κ3) is 5.85. The van der Waals surface area contributed by atoms with E-state index < -0.39 is 9.84 Å².